The number of benzene rings is 3. The lowest BCUT2D eigenvalue weighted by Crippen LogP contribution is -2.30. The van der Waals surface area contributed by atoms with Crippen molar-refractivity contribution in [2.75, 3.05) is 4.31 Å². The summed E-state index contributed by atoms with van der Waals surface area (Å²) in [6.45, 7) is 0.864. The molecule has 11 heteroatoms. The first-order valence-corrected chi connectivity index (χ1v) is 13.1. The van der Waals surface area contributed by atoms with Gasteiger partial charge >= 0.3 is 6.18 Å². The first kappa shape index (κ1) is 25.3. The Labute approximate surface area is 211 Å². The number of hydrogen-bond donors (Lipinski definition) is 0. The molecule has 0 saturated carbocycles. The second-order valence-electron chi connectivity index (χ2n) is 7.62. The van der Waals surface area contributed by atoms with Crippen molar-refractivity contribution in [1.29, 1.82) is 0 Å². The van der Waals surface area contributed by atoms with E-state index < -0.39 is 34.1 Å². The largest absolute Gasteiger partial charge is 0.419 e. The molecule has 35 heavy (non-hydrogen) atoms. The maximum Gasteiger partial charge on any atom is 0.419 e. The molecule has 0 spiro atoms. The summed E-state index contributed by atoms with van der Waals surface area (Å²) < 4.78 is 83.4. The minimum Gasteiger partial charge on any atom is -0.295 e. The molecule has 0 amide bonds. The van der Waals surface area contributed by atoms with Crippen LogP contribution < -0.4 is 4.31 Å². The zero-order valence-corrected chi connectivity index (χ0v) is 21.2. The van der Waals surface area contributed by atoms with Crippen LogP contribution in [0.25, 0.3) is 10.1 Å². The summed E-state index contributed by atoms with van der Waals surface area (Å²) in [6, 6.07) is 14.8. The van der Waals surface area contributed by atoms with Crippen molar-refractivity contribution in [3.8, 4) is 0 Å². The van der Waals surface area contributed by atoms with Crippen LogP contribution in [0.2, 0.25) is 0 Å². The van der Waals surface area contributed by atoms with Crippen LogP contribution in [0.5, 0.6) is 0 Å². The Kier molecular flexibility index (Phi) is 6.78. The summed E-state index contributed by atoms with van der Waals surface area (Å²) >= 11 is 4.58. The third-order valence-electron chi connectivity index (χ3n) is 5.26. The highest BCUT2D eigenvalue weighted by Gasteiger charge is 2.35. The van der Waals surface area contributed by atoms with Gasteiger partial charge in [0.15, 0.2) is 5.78 Å². The van der Waals surface area contributed by atoms with E-state index in [1.807, 2.05) is 0 Å². The van der Waals surface area contributed by atoms with Gasteiger partial charge in [-0.05, 0) is 58.7 Å². The van der Waals surface area contributed by atoms with Crippen molar-refractivity contribution in [3.63, 3.8) is 0 Å². The first-order valence-electron chi connectivity index (χ1n) is 10.1. The molecule has 3 aromatic carbocycles. The van der Waals surface area contributed by atoms with Crippen LogP contribution >= 0.6 is 27.3 Å². The van der Waals surface area contributed by atoms with E-state index in [-0.39, 0.29) is 21.2 Å². The zero-order valence-electron chi connectivity index (χ0n) is 17.9. The van der Waals surface area contributed by atoms with Gasteiger partial charge < -0.3 is 0 Å². The molecule has 0 aliphatic carbocycles. The SMILES string of the molecule is CC(=O)c1ccc(S(=O)(=O)N(Cc2ccc(F)c(C(F)(F)F)c2)c2sc3ccccc3c2Br)cc1. The van der Waals surface area contributed by atoms with Crippen molar-refractivity contribution in [2.45, 2.75) is 24.5 Å². The van der Waals surface area contributed by atoms with Crippen molar-refractivity contribution in [2.24, 2.45) is 0 Å². The quantitative estimate of drug-likeness (QED) is 0.175. The molecular weight excluding hydrogens is 570 g/mol. The van der Waals surface area contributed by atoms with E-state index in [0.717, 1.165) is 31.8 Å². The van der Waals surface area contributed by atoms with Gasteiger partial charge in [0, 0.05) is 15.6 Å². The number of alkyl halides is 3. The summed E-state index contributed by atoms with van der Waals surface area (Å²) in [6.07, 6.45) is -4.94. The van der Waals surface area contributed by atoms with Crippen LogP contribution in [0, 0.1) is 5.82 Å². The van der Waals surface area contributed by atoms with Crippen LogP contribution in [-0.2, 0) is 22.7 Å². The Balaban J connectivity index is 1.87. The lowest BCUT2D eigenvalue weighted by atomic mass is 10.1. The number of nitrogens with zero attached hydrogens (tertiary/aromatic N) is 1. The molecule has 182 valence electrons. The van der Waals surface area contributed by atoms with Gasteiger partial charge in [-0.3, -0.25) is 9.10 Å². The molecule has 0 aliphatic heterocycles. The topological polar surface area (TPSA) is 54.5 Å². The molecule has 1 heterocycles. The number of carbonyl (C=O) groups excluding carboxylic acids is 1. The Hall–Kier alpha value is -2.76. The average molecular weight is 586 g/mol. The number of hydrogen-bond acceptors (Lipinski definition) is 4. The molecule has 0 fully saturated rings. The molecule has 0 aliphatic rings. The molecular formula is C24H16BrF4NO3S2. The fourth-order valence-electron chi connectivity index (χ4n) is 3.47. The van der Waals surface area contributed by atoms with E-state index in [0.29, 0.717) is 22.2 Å². The number of sulfonamides is 1. The molecule has 4 aromatic rings. The Morgan fingerprint density at radius 1 is 1.03 bits per heavy atom. The van der Waals surface area contributed by atoms with Crippen LogP contribution in [0.3, 0.4) is 0 Å². The van der Waals surface area contributed by atoms with E-state index in [9.17, 15) is 30.8 Å². The van der Waals surface area contributed by atoms with E-state index in [1.165, 1.54) is 31.2 Å². The standard InChI is InChI=1S/C24H16BrF4NO3S2/c1-14(31)16-7-9-17(10-8-16)35(32,33)30(23-22(25)18-4-2-3-5-21(18)34-23)13-15-6-11-20(26)19(12-15)24(27,28)29/h2-12H,13H2,1H3. The number of rotatable bonds is 6. The van der Waals surface area contributed by atoms with E-state index in [1.54, 1.807) is 24.3 Å². The van der Waals surface area contributed by atoms with Crippen molar-refractivity contribution in [1.82, 2.24) is 0 Å². The monoisotopic (exact) mass is 585 g/mol. The number of carbonyl (C=O) groups is 1. The zero-order chi connectivity index (χ0) is 25.5. The molecule has 0 saturated heterocycles. The molecule has 0 unspecified atom stereocenters. The summed E-state index contributed by atoms with van der Waals surface area (Å²) in [5.74, 6) is -1.69. The van der Waals surface area contributed by atoms with Gasteiger partial charge in [0.05, 0.1) is 21.5 Å². The highest BCUT2D eigenvalue weighted by atomic mass is 79.9. The van der Waals surface area contributed by atoms with Crippen LogP contribution in [-0.4, -0.2) is 14.2 Å². The first-order chi connectivity index (χ1) is 16.4. The number of fused-ring (bicyclic) bond motifs is 1. The van der Waals surface area contributed by atoms with E-state index in [2.05, 4.69) is 15.9 Å². The Morgan fingerprint density at radius 3 is 2.29 bits per heavy atom. The number of thiophene rings is 1. The summed E-state index contributed by atoms with van der Waals surface area (Å²) in [5.41, 5.74) is -1.22. The molecule has 0 N–H and O–H groups in total. The third kappa shape index (κ3) is 4.98. The van der Waals surface area contributed by atoms with Crippen molar-refractivity contribution < 1.29 is 30.8 Å². The molecule has 1 aromatic heterocycles. The van der Waals surface area contributed by atoms with E-state index >= 15 is 0 Å². The Bertz CT molecular complexity index is 1530. The van der Waals surface area contributed by atoms with Gasteiger partial charge in [0.25, 0.3) is 10.0 Å². The van der Waals surface area contributed by atoms with Gasteiger partial charge in [-0.2, -0.15) is 13.2 Å². The number of Topliss-reactive ketones (excluding diaryl/α,β-unsaturated/α-hetero) is 1. The number of ketones is 1. The molecule has 4 nitrogen and oxygen atoms in total. The van der Waals surface area contributed by atoms with Crippen LogP contribution in [0.4, 0.5) is 22.6 Å². The van der Waals surface area contributed by atoms with Gasteiger partial charge in [0.2, 0.25) is 0 Å². The predicted molar refractivity (Wildman–Crippen MR) is 131 cm³/mol. The van der Waals surface area contributed by atoms with Gasteiger partial charge in [-0.15, -0.1) is 11.3 Å². The smallest absolute Gasteiger partial charge is 0.295 e. The molecule has 0 bridgehead atoms. The fraction of sp³-hybridized carbons (Fsp3) is 0.125. The molecule has 0 radical (unpaired) electrons. The number of halogens is 5. The van der Waals surface area contributed by atoms with Gasteiger partial charge in [-0.25, -0.2) is 12.8 Å². The molecule has 4 rings (SSSR count). The third-order valence-corrected chi connectivity index (χ3v) is 9.39. The maximum absolute atomic E-state index is 13.8. The summed E-state index contributed by atoms with van der Waals surface area (Å²) in [7, 11) is -4.30. The predicted octanol–water partition coefficient (Wildman–Crippen LogP) is 7.42. The highest BCUT2D eigenvalue weighted by Crippen LogP contribution is 2.44. The minimum atomic E-state index is -4.94. The summed E-state index contributed by atoms with van der Waals surface area (Å²) in [4.78, 5) is 11.5. The van der Waals surface area contributed by atoms with Crippen molar-refractivity contribution >= 4 is 58.2 Å². The summed E-state index contributed by atoms with van der Waals surface area (Å²) in [5, 5.41) is 0.981. The van der Waals surface area contributed by atoms with Gasteiger partial charge in [-0.1, -0.05) is 36.4 Å². The normalized spacial score (nSPS) is 12.2. The average Bonchev–Trinajstić information content (AvgIpc) is 3.13. The Morgan fingerprint density at radius 2 is 1.69 bits per heavy atom. The minimum absolute atomic E-state index is 0.0491. The number of anilines is 1. The van der Waals surface area contributed by atoms with Crippen molar-refractivity contribution in [3.05, 3.63) is 93.7 Å². The fourth-order valence-corrected chi connectivity index (χ4v) is 7.29. The van der Waals surface area contributed by atoms with Crippen LogP contribution in [0.15, 0.2) is 76.1 Å². The van der Waals surface area contributed by atoms with Crippen LogP contribution in [0.1, 0.15) is 28.4 Å². The lowest BCUT2D eigenvalue weighted by molar-refractivity contribution is -0.140. The van der Waals surface area contributed by atoms with Gasteiger partial charge in [0.1, 0.15) is 10.8 Å². The second-order valence-corrected chi connectivity index (χ2v) is 11.3. The second kappa shape index (κ2) is 9.36. The van der Waals surface area contributed by atoms with E-state index in [4.69, 9.17) is 0 Å². The maximum atomic E-state index is 13.8. The highest BCUT2D eigenvalue weighted by molar-refractivity contribution is 9.10. The molecule has 0 atom stereocenters. The lowest BCUT2D eigenvalue weighted by Gasteiger charge is -2.24.